The van der Waals surface area contributed by atoms with Crippen molar-refractivity contribution < 1.29 is 33.4 Å². The second kappa shape index (κ2) is 26.9. The molecule has 0 radical (unpaired) electrons. The van der Waals surface area contributed by atoms with E-state index in [2.05, 4.69) is 63.9 Å². The fourth-order valence-corrected chi connectivity index (χ4v) is 9.59. The number of carbonyl (C=O) groups excluding carboxylic acids is 5. The molecule has 2 aromatic carbocycles. The molecule has 0 fully saturated rings. The third-order valence-corrected chi connectivity index (χ3v) is 14.5. The molecule has 0 aliphatic carbocycles. The van der Waals surface area contributed by atoms with Gasteiger partial charge in [-0.1, -0.05) is 116 Å². The highest BCUT2D eigenvalue weighted by Crippen LogP contribution is 2.23. The lowest BCUT2D eigenvalue weighted by Gasteiger charge is -2.34. The Labute approximate surface area is 424 Å². The van der Waals surface area contributed by atoms with Gasteiger partial charge in [-0.25, -0.2) is 29.1 Å². The molecule has 0 saturated carbocycles. The van der Waals surface area contributed by atoms with Crippen molar-refractivity contribution in [3.05, 3.63) is 121 Å². The van der Waals surface area contributed by atoms with E-state index in [1.165, 1.54) is 32.5 Å². The molecule has 0 spiro atoms. The van der Waals surface area contributed by atoms with E-state index >= 15 is 0 Å². The van der Waals surface area contributed by atoms with Crippen LogP contribution < -0.4 is 21.3 Å². The Hall–Kier alpha value is -5.92. The standard InChI is InChI=1S/C51H69N9O7S3/c1-31(2)43(57-49(63)59(9)25-38-28-68-46(54-38)33(5)6)45(61)53-37(21-35-17-13-11-14-18-35)23-42(41(22-36-19-15-12-16-20-36)56-51(65)66-27-40-24-52-30-70-40)67-48(62)44(32(3)4)58-50(64)60(10)26-39-29-69-47(55-39)34(7)8/h11-20,24,28-34,37,41-44H,21-23,25-27H2,1-10H3,(H,53,61)(H,56,65)(H,57,63)(H,58,64)/t37?,41-,42-,43?,44+/m0/s1. The van der Waals surface area contributed by atoms with Crippen LogP contribution >= 0.6 is 34.0 Å². The summed E-state index contributed by atoms with van der Waals surface area (Å²) in [6.07, 6.45) is 0.307. The summed E-state index contributed by atoms with van der Waals surface area (Å²) in [4.78, 5) is 87.5. The first-order chi connectivity index (χ1) is 33.4. The van der Waals surface area contributed by atoms with Gasteiger partial charge in [0.1, 0.15) is 24.8 Å². The molecule has 4 N–H and O–H groups in total. The maximum Gasteiger partial charge on any atom is 0.407 e. The van der Waals surface area contributed by atoms with E-state index in [4.69, 9.17) is 9.47 Å². The molecule has 378 valence electrons. The number of urea groups is 2. The number of thiazole rings is 3. The molecule has 0 bridgehead atoms. The number of carbonyl (C=O) groups is 5. The third-order valence-electron chi connectivity index (χ3n) is 11.4. The number of aromatic nitrogens is 3. The van der Waals surface area contributed by atoms with Gasteiger partial charge in [-0.05, 0) is 35.8 Å². The van der Waals surface area contributed by atoms with Gasteiger partial charge in [0.15, 0.2) is 0 Å². The lowest BCUT2D eigenvalue weighted by molar-refractivity contribution is -0.155. The number of esters is 1. The van der Waals surface area contributed by atoms with Crippen molar-refractivity contribution in [3.63, 3.8) is 0 Å². The number of rotatable bonds is 24. The zero-order chi connectivity index (χ0) is 50.9. The van der Waals surface area contributed by atoms with Crippen molar-refractivity contribution in [2.75, 3.05) is 14.1 Å². The Bertz CT molecular complexity index is 2410. The summed E-state index contributed by atoms with van der Waals surface area (Å²) in [6.45, 7) is 16.0. The highest BCUT2D eigenvalue weighted by Gasteiger charge is 2.36. The van der Waals surface area contributed by atoms with E-state index in [1.807, 2.05) is 99.1 Å². The fraction of sp³-hybridized carbons (Fsp3) is 0.490. The first kappa shape index (κ1) is 55.0. The number of alkyl carbamates (subject to hydrolysis) is 1. The van der Waals surface area contributed by atoms with Gasteiger partial charge in [-0.2, -0.15) is 0 Å². The SMILES string of the molecule is CC(C)c1nc(CN(C)C(=O)NC(C(=O)NC(Cc2ccccc2)C[C@H](OC(=O)[C@H](NC(=O)N(C)Cc2csc(C(C)C)n2)C(C)C)[C@H](Cc2ccccc2)NC(=O)OCc2cncs2)C(C)C)cs1. The molecule has 0 aliphatic rings. The van der Waals surface area contributed by atoms with E-state index in [9.17, 15) is 24.0 Å². The van der Waals surface area contributed by atoms with E-state index < -0.39 is 66.2 Å². The summed E-state index contributed by atoms with van der Waals surface area (Å²) in [7, 11) is 3.30. The van der Waals surface area contributed by atoms with E-state index in [0.717, 1.165) is 37.4 Å². The van der Waals surface area contributed by atoms with Crippen molar-refractivity contribution in [1.82, 2.24) is 46.0 Å². The maximum atomic E-state index is 14.7. The number of ether oxygens (including phenoxy) is 2. The van der Waals surface area contributed by atoms with Crippen LogP contribution in [0, 0.1) is 11.8 Å². The molecule has 3 heterocycles. The molecule has 6 amide bonds. The minimum atomic E-state index is -1.10. The normalized spacial score (nSPS) is 13.6. The molecule has 0 saturated heterocycles. The monoisotopic (exact) mass is 1020 g/mol. The molecule has 70 heavy (non-hydrogen) atoms. The van der Waals surface area contributed by atoms with Crippen molar-refractivity contribution in [2.45, 2.75) is 136 Å². The minimum Gasteiger partial charge on any atom is -0.459 e. The fourth-order valence-electron chi connectivity index (χ4n) is 7.44. The number of hydrogen-bond acceptors (Lipinski definition) is 13. The van der Waals surface area contributed by atoms with Crippen LogP contribution in [0.3, 0.4) is 0 Å². The van der Waals surface area contributed by atoms with Crippen LogP contribution in [0.1, 0.15) is 111 Å². The molecular formula is C51H69N9O7S3. The van der Waals surface area contributed by atoms with Crippen LogP contribution in [-0.4, -0.2) is 99.2 Å². The zero-order valence-corrected chi connectivity index (χ0v) is 44.3. The Morgan fingerprint density at radius 1 is 0.643 bits per heavy atom. The topological polar surface area (TPSA) is 197 Å². The van der Waals surface area contributed by atoms with Crippen molar-refractivity contribution in [1.29, 1.82) is 0 Å². The molecule has 5 aromatic rings. The van der Waals surface area contributed by atoms with Gasteiger partial charge in [0.2, 0.25) is 5.91 Å². The van der Waals surface area contributed by atoms with Gasteiger partial charge in [-0.15, -0.1) is 34.0 Å². The summed E-state index contributed by atoms with van der Waals surface area (Å²) in [5.41, 5.74) is 4.86. The largest absolute Gasteiger partial charge is 0.459 e. The van der Waals surface area contributed by atoms with Crippen LogP contribution in [0.4, 0.5) is 14.4 Å². The lowest BCUT2D eigenvalue weighted by Crippen LogP contribution is -2.57. The van der Waals surface area contributed by atoms with Gasteiger partial charge in [0, 0.05) is 55.4 Å². The van der Waals surface area contributed by atoms with E-state index in [-0.39, 0.29) is 50.3 Å². The van der Waals surface area contributed by atoms with Gasteiger partial charge < -0.3 is 40.5 Å². The number of nitrogens with one attached hydrogen (secondary N) is 4. The van der Waals surface area contributed by atoms with E-state index in [0.29, 0.717) is 6.42 Å². The molecule has 5 rings (SSSR count). The Kier molecular flexibility index (Phi) is 21.1. The first-order valence-electron chi connectivity index (χ1n) is 23.7. The Balaban J connectivity index is 1.45. The average molecular weight is 1020 g/mol. The molecule has 5 atom stereocenters. The maximum absolute atomic E-state index is 14.7. The zero-order valence-electron chi connectivity index (χ0n) is 41.8. The minimum absolute atomic E-state index is 0.0142. The van der Waals surface area contributed by atoms with Gasteiger partial charge in [0.25, 0.3) is 0 Å². The van der Waals surface area contributed by atoms with Crippen molar-refractivity contribution >= 4 is 64.0 Å². The summed E-state index contributed by atoms with van der Waals surface area (Å²) in [5, 5.41) is 17.8. The number of nitrogens with zero attached hydrogens (tertiary/aromatic N) is 5. The van der Waals surface area contributed by atoms with Gasteiger partial charge >= 0.3 is 24.1 Å². The summed E-state index contributed by atoms with van der Waals surface area (Å²) >= 11 is 4.42. The second-order valence-electron chi connectivity index (χ2n) is 18.8. The molecule has 16 nitrogen and oxygen atoms in total. The summed E-state index contributed by atoms with van der Waals surface area (Å²) in [5.74, 6) is -1.40. The van der Waals surface area contributed by atoms with Gasteiger partial charge in [0.05, 0.1) is 50.9 Å². The number of benzene rings is 2. The molecular weight excluding hydrogens is 947 g/mol. The van der Waals surface area contributed by atoms with Crippen LogP contribution in [0.25, 0.3) is 0 Å². The van der Waals surface area contributed by atoms with Gasteiger partial charge in [-0.3, -0.25) is 9.78 Å². The predicted octanol–water partition coefficient (Wildman–Crippen LogP) is 8.90. The highest BCUT2D eigenvalue weighted by atomic mass is 32.1. The molecule has 19 heteroatoms. The Morgan fingerprint density at radius 2 is 1.16 bits per heavy atom. The summed E-state index contributed by atoms with van der Waals surface area (Å²) < 4.78 is 12.2. The quantitative estimate of drug-likeness (QED) is 0.0433. The van der Waals surface area contributed by atoms with E-state index in [1.54, 1.807) is 37.1 Å². The molecule has 2 unspecified atom stereocenters. The molecule has 0 aliphatic heterocycles. The average Bonchev–Trinajstić information content (AvgIpc) is 4.13. The second-order valence-corrected chi connectivity index (χ2v) is 21.6. The summed E-state index contributed by atoms with van der Waals surface area (Å²) in [6, 6.07) is 14.4. The third kappa shape index (κ3) is 17.2. The lowest BCUT2D eigenvalue weighted by atomic mass is 9.92. The number of amides is 6. The van der Waals surface area contributed by atoms with Crippen molar-refractivity contribution in [3.8, 4) is 0 Å². The van der Waals surface area contributed by atoms with Crippen LogP contribution in [0.5, 0.6) is 0 Å². The molecule has 3 aromatic heterocycles. The highest BCUT2D eigenvalue weighted by molar-refractivity contribution is 7.10. The van der Waals surface area contributed by atoms with Crippen molar-refractivity contribution in [2.24, 2.45) is 11.8 Å². The van der Waals surface area contributed by atoms with Crippen LogP contribution in [0.15, 0.2) is 83.1 Å². The number of hydrogen-bond donors (Lipinski definition) is 4. The Morgan fingerprint density at radius 3 is 1.63 bits per heavy atom. The smallest absolute Gasteiger partial charge is 0.407 e. The predicted molar refractivity (Wildman–Crippen MR) is 276 cm³/mol. The van der Waals surface area contributed by atoms with Crippen LogP contribution in [-0.2, 0) is 51.6 Å². The first-order valence-corrected chi connectivity index (χ1v) is 26.3. The van der Waals surface area contributed by atoms with Crippen LogP contribution in [0.2, 0.25) is 0 Å².